The van der Waals surface area contributed by atoms with Crippen LogP contribution in [0.15, 0.2) is 24.3 Å². The minimum Gasteiger partial charge on any atom is -0.314 e. The lowest BCUT2D eigenvalue weighted by molar-refractivity contribution is 0.343. The summed E-state index contributed by atoms with van der Waals surface area (Å²) in [5, 5.41) is 3.69. The van der Waals surface area contributed by atoms with Crippen LogP contribution in [0.2, 0.25) is 0 Å². The van der Waals surface area contributed by atoms with Crippen molar-refractivity contribution >= 4 is 0 Å². The van der Waals surface area contributed by atoms with Crippen LogP contribution in [0.1, 0.15) is 44.2 Å². The molecule has 0 aliphatic heterocycles. The SMILES string of the molecule is CCCCC(NCC)C1Cc2ccccc2C1. The maximum Gasteiger partial charge on any atom is 0.0102 e. The molecule has 1 heteroatoms. The van der Waals surface area contributed by atoms with Crippen molar-refractivity contribution in [1.29, 1.82) is 0 Å². The van der Waals surface area contributed by atoms with Crippen LogP contribution in [-0.4, -0.2) is 12.6 Å². The van der Waals surface area contributed by atoms with Gasteiger partial charge in [-0.1, -0.05) is 51.0 Å². The average Bonchev–Trinajstić information content (AvgIpc) is 2.78. The van der Waals surface area contributed by atoms with E-state index in [-0.39, 0.29) is 0 Å². The van der Waals surface area contributed by atoms with E-state index in [0.717, 1.165) is 12.5 Å². The van der Waals surface area contributed by atoms with Crippen molar-refractivity contribution in [3.63, 3.8) is 0 Å². The molecule has 0 saturated carbocycles. The fraction of sp³-hybridized carbons (Fsp3) is 0.625. The number of hydrogen-bond acceptors (Lipinski definition) is 1. The van der Waals surface area contributed by atoms with Gasteiger partial charge in [0.05, 0.1) is 0 Å². The van der Waals surface area contributed by atoms with Gasteiger partial charge in [-0.25, -0.2) is 0 Å². The van der Waals surface area contributed by atoms with E-state index in [2.05, 4.69) is 43.4 Å². The second-order valence-electron chi connectivity index (χ2n) is 5.24. The molecule has 1 atom stereocenters. The molecule has 0 radical (unpaired) electrons. The van der Waals surface area contributed by atoms with Crippen LogP contribution < -0.4 is 5.32 Å². The van der Waals surface area contributed by atoms with Gasteiger partial charge in [0.2, 0.25) is 0 Å². The second-order valence-corrected chi connectivity index (χ2v) is 5.24. The van der Waals surface area contributed by atoms with Crippen LogP contribution in [-0.2, 0) is 12.8 Å². The molecule has 0 heterocycles. The fourth-order valence-electron chi connectivity index (χ4n) is 3.07. The Morgan fingerprint density at radius 3 is 2.35 bits per heavy atom. The Bertz CT molecular complexity index is 320. The summed E-state index contributed by atoms with van der Waals surface area (Å²) < 4.78 is 0. The molecule has 0 amide bonds. The van der Waals surface area contributed by atoms with E-state index < -0.39 is 0 Å². The predicted octanol–water partition coefficient (Wildman–Crippen LogP) is 3.57. The summed E-state index contributed by atoms with van der Waals surface area (Å²) in [5.74, 6) is 0.818. The minimum absolute atomic E-state index is 0.715. The molecular formula is C16H25N. The Balaban J connectivity index is 1.98. The first kappa shape index (κ1) is 12.6. The Hall–Kier alpha value is -0.820. The molecular weight excluding hydrogens is 206 g/mol. The molecule has 0 fully saturated rings. The summed E-state index contributed by atoms with van der Waals surface area (Å²) in [5.41, 5.74) is 3.16. The standard InChI is InChI=1S/C16H25N/c1-3-5-10-16(17-4-2)15-11-13-8-6-7-9-14(13)12-15/h6-9,15-17H,3-5,10-12H2,1-2H3. The molecule has 0 aromatic heterocycles. The van der Waals surface area contributed by atoms with Crippen molar-refractivity contribution in [2.75, 3.05) is 6.54 Å². The third kappa shape index (κ3) is 3.10. The van der Waals surface area contributed by atoms with Crippen LogP contribution in [0, 0.1) is 5.92 Å². The zero-order valence-corrected chi connectivity index (χ0v) is 11.2. The average molecular weight is 231 g/mol. The number of benzene rings is 1. The number of nitrogens with one attached hydrogen (secondary N) is 1. The van der Waals surface area contributed by atoms with E-state index >= 15 is 0 Å². The molecule has 1 nitrogen and oxygen atoms in total. The number of rotatable bonds is 6. The largest absolute Gasteiger partial charge is 0.314 e. The van der Waals surface area contributed by atoms with Crippen LogP contribution in [0.5, 0.6) is 0 Å². The van der Waals surface area contributed by atoms with Gasteiger partial charge in [-0.3, -0.25) is 0 Å². The molecule has 1 aliphatic rings. The molecule has 0 spiro atoms. The molecule has 1 N–H and O–H groups in total. The second kappa shape index (κ2) is 6.20. The third-order valence-electron chi connectivity index (χ3n) is 3.99. The van der Waals surface area contributed by atoms with Gasteiger partial charge in [0.1, 0.15) is 0 Å². The van der Waals surface area contributed by atoms with Gasteiger partial charge >= 0.3 is 0 Å². The summed E-state index contributed by atoms with van der Waals surface area (Å²) in [6.45, 7) is 5.61. The van der Waals surface area contributed by atoms with Crippen molar-refractivity contribution in [1.82, 2.24) is 5.32 Å². The highest BCUT2D eigenvalue weighted by Crippen LogP contribution is 2.30. The first-order valence-electron chi connectivity index (χ1n) is 7.15. The minimum atomic E-state index is 0.715. The molecule has 2 rings (SSSR count). The Morgan fingerprint density at radius 1 is 1.18 bits per heavy atom. The van der Waals surface area contributed by atoms with Crippen molar-refractivity contribution < 1.29 is 0 Å². The van der Waals surface area contributed by atoms with Gasteiger partial charge in [0.25, 0.3) is 0 Å². The highest BCUT2D eigenvalue weighted by atomic mass is 14.9. The number of unbranched alkanes of at least 4 members (excludes halogenated alkanes) is 1. The van der Waals surface area contributed by atoms with Crippen molar-refractivity contribution in [2.45, 2.75) is 52.0 Å². The van der Waals surface area contributed by atoms with Gasteiger partial charge in [-0.15, -0.1) is 0 Å². The maximum absolute atomic E-state index is 3.69. The molecule has 0 saturated heterocycles. The lowest BCUT2D eigenvalue weighted by Gasteiger charge is -2.24. The Labute approximate surface area is 106 Å². The monoisotopic (exact) mass is 231 g/mol. The first-order valence-corrected chi connectivity index (χ1v) is 7.15. The molecule has 17 heavy (non-hydrogen) atoms. The fourth-order valence-corrected chi connectivity index (χ4v) is 3.07. The molecule has 94 valence electrons. The molecule has 1 aromatic carbocycles. The van der Waals surface area contributed by atoms with Gasteiger partial charge in [-0.05, 0) is 42.9 Å². The summed E-state index contributed by atoms with van der Waals surface area (Å²) in [7, 11) is 0. The van der Waals surface area contributed by atoms with E-state index in [4.69, 9.17) is 0 Å². The Kier molecular flexibility index (Phi) is 4.61. The maximum atomic E-state index is 3.69. The topological polar surface area (TPSA) is 12.0 Å². The van der Waals surface area contributed by atoms with Gasteiger partial charge in [-0.2, -0.15) is 0 Å². The number of hydrogen-bond donors (Lipinski definition) is 1. The van der Waals surface area contributed by atoms with E-state index in [1.165, 1.54) is 32.1 Å². The van der Waals surface area contributed by atoms with E-state index in [0.29, 0.717) is 6.04 Å². The van der Waals surface area contributed by atoms with E-state index in [1.807, 2.05) is 0 Å². The summed E-state index contributed by atoms with van der Waals surface area (Å²) in [4.78, 5) is 0. The van der Waals surface area contributed by atoms with Crippen LogP contribution >= 0.6 is 0 Å². The molecule has 1 aliphatic carbocycles. The highest BCUT2D eigenvalue weighted by Gasteiger charge is 2.27. The lowest BCUT2D eigenvalue weighted by Crippen LogP contribution is -2.36. The smallest absolute Gasteiger partial charge is 0.0102 e. The number of fused-ring (bicyclic) bond motifs is 1. The predicted molar refractivity (Wildman–Crippen MR) is 74.3 cm³/mol. The van der Waals surface area contributed by atoms with Gasteiger partial charge in [0, 0.05) is 6.04 Å². The molecule has 1 aromatic rings. The Morgan fingerprint density at radius 2 is 1.82 bits per heavy atom. The first-order chi connectivity index (χ1) is 8.35. The summed E-state index contributed by atoms with van der Waals surface area (Å²) >= 11 is 0. The molecule has 1 unspecified atom stereocenters. The van der Waals surface area contributed by atoms with Gasteiger partial charge in [0.15, 0.2) is 0 Å². The van der Waals surface area contributed by atoms with Crippen LogP contribution in [0.4, 0.5) is 0 Å². The van der Waals surface area contributed by atoms with Crippen molar-refractivity contribution in [3.05, 3.63) is 35.4 Å². The lowest BCUT2D eigenvalue weighted by atomic mass is 9.92. The quantitative estimate of drug-likeness (QED) is 0.789. The van der Waals surface area contributed by atoms with Crippen molar-refractivity contribution in [3.8, 4) is 0 Å². The van der Waals surface area contributed by atoms with E-state index in [1.54, 1.807) is 11.1 Å². The van der Waals surface area contributed by atoms with Crippen molar-refractivity contribution in [2.24, 2.45) is 5.92 Å². The summed E-state index contributed by atoms with van der Waals surface area (Å²) in [6.07, 6.45) is 6.55. The highest BCUT2D eigenvalue weighted by molar-refractivity contribution is 5.32. The zero-order chi connectivity index (χ0) is 12.1. The van der Waals surface area contributed by atoms with Gasteiger partial charge < -0.3 is 5.32 Å². The molecule has 0 bridgehead atoms. The zero-order valence-electron chi connectivity index (χ0n) is 11.2. The normalized spacial score (nSPS) is 17.1. The van der Waals surface area contributed by atoms with Crippen LogP contribution in [0.25, 0.3) is 0 Å². The van der Waals surface area contributed by atoms with Crippen LogP contribution in [0.3, 0.4) is 0 Å². The third-order valence-corrected chi connectivity index (χ3v) is 3.99. The summed E-state index contributed by atoms with van der Waals surface area (Å²) in [6, 6.07) is 9.67. The van der Waals surface area contributed by atoms with E-state index in [9.17, 15) is 0 Å².